The van der Waals surface area contributed by atoms with E-state index in [-0.39, 0.29) is 0 Å². The van der Waals surface area contributed by atoms with Crippen LogP contribution in [0.1, 0.15) is 56.4 Å². The van der Waals surface area contributed by atoms with Crippen LogP contribution in [0.15, 0.2) is 42.6 Å². The highest BCUT2D eigenvalue weighted by Gasteiger charge is 2.24. The maximum atomic E-state index is 4.95. The Kier molecular flexibility index (Phi) is 5.98. The molecular weight excluding hydrogens is 384 g/mol. The third-order valence-electron chi connectivity index (χ3n) is 6.76. The lowest BCUT2D eigenvalue weighted by atomic mass is 9.90. The first kappa shape index (κ1) is 20.2. The molecule has 2 aliphatic rings. The topological polar surface area (TPSA) is 66.0 Å². The zero-order valence-electron chi connectivity index (χ0n) is 18.3. The lowest BCUT2D eigenvalue weighted by Crippen LogP contribution is -2.30. The van der Waals surface area contributed by atoms with Crippen molar-refractivity contribution in [3.8, 4) is 0 Å². The lowest BCUT2D eigenvalue weighted by molar-refractivity contribution is 0.255. The highest BCUT2D eigenvalue weighted by molar-refractivity contribution is 5.80. The van der Waals surface area contributed by atoms with Crippen molar-refractivity contribution in [2.45, 2.75) is 56.9 Å². The SMILES string of the molecule is CN1CCC(c2cnc(Nc3ccc4ccccc4n3)nc2NC2CCCCC2)CC1. The molecule has 1 aromatic carbocycles. The van der Waals surface area contributed by atoms with Gasteiger partial charge in [-0.2, -0.15) is 4.98 Å². The minimum Gasteiger partial charge on any atom is -0.367 e. The van der Waals surface area contributed by atoms with E-state index >= 15 is 0 Å². The number of para-hydroxylation sites is 1. The van der Waals surface area contributed by atoms with Gasteiger partial charge in [-0.25, -0.2) is 9.97 Å². The first-order chi connectivity index (χ1) is 15.2. The summed E-state index contributed by atoms with van der Waals surface area (Å²) in [5.41, 5.74) is 2.24. The molecule has 0 spiro atoms. The van der Waals surface area contributed by atoms with E-state index in [1.165, 1.54) is 37.7 Å². The standard InChI is InChI=1S/C25H32N6/c1-31-15-13-18(14-16-31)21-17-26-25(30-24(21)27-20-8-3-2-4-9-20)29-23-12-11-19-7-5-6-10-22(19)28-23/h5-7,10-12,17-18,20H,2-4,8-9,13-16H2,1H3,(H2,26,27,28,29,30). The molecule has 0 unspecified atom stereocenters. The highest BCUT2D eigenvalue weighted by atomic mass is 15.2. The molecule has 6 heteroatoms. The van der Waals surface area contributed by atoms with Crippen molar-refractivity contribution in [1.82, 2.24) is 19.9 Å². The van der Waals surface area contributed by atoms with Crippen molar-refractivity contribution < 1.29 is 0 Å². The van der Waals surface area contributed by atoms with Crippen LogP contribution in [0, 0.1) is 0 Å². The van der Waals surface area contributed by atoms with Gasteiger partial charge in [0, 0.05) is 23.2 Å². The number of likely N-dealkylation sites (tertiary alicyclic amines) is 1. The number of benzene rings is 1. The number of piperidine rings is 1. The summed E-state index contributed by atoms with van der Waals surface area (Å²) in [6, 6.07) is 12.7. The number of rotatable bonds is 5. The average Bonchev–Trinajstić information content (AvgIpc) is 2.81. The lowest BCUT2D eigenvalue weighted by Gasteiger charge is -2.31. The molecule has 5 rings (SSSR count). The molecule has 2 fully saturated rings. The maximum absolute atomic E-state index is 4.95. The van der Waals surface area contributed by atoms with Gasteiger partial charge in [0.2, 0.25) is 5.95 Å². The van der Waals surface area contributed by atoms with Crippen molar-refractivity contribution in [1.29, 1.82) is 0 Å². The molecule has 162 valence electrons. The van der Waals surface area contributed by atoms with Gasteiger partial charge in [0.25, 0.3) is 0 Å². The van der Waals surface area contributed by atoms with E-state index in [0.717, 1.165) is 48.5 Å². The molecule has 3 heterocycles. The third-order valence-corrected chi connectivity index (χ3v) is 6.76. The number of hydrogen-bond donors (Lipinski definition) is 2. The van der Waals surface area contributed by atoms with Crippen LogP contribution in [0.25, 0.3) is 10.9 Å². The summed E-state index contributed by atoms with van der Waals surface area (Å²) in [4.78, 5) is 16.8. The van der Waals surface area contributed by atoms with E-state index in [2.05, 4.69) is 39.7 Å². The van der Waals surface area contributed by atoms with E-state index in [0.29, 0.717) is 17.9 Å². The molecule has 1 saturated carbocycles. The van der Waals surface area contributed by atoms with Crippen molar-refractivity contribution in [2.75, 3.05) is 30.8 Å². The number of pyridine rings is 1. The van der Waals surface area contributed by atoms with Gasteiger partial charge in [0.1, 0.15) is 11.6 Å². The van der Waals surface area contributed by atoms with Crippen LogP contribution in [-0.4, -0.2) is 46.0 Å². The Balaban J connectivity index is 1.41. The van der Waals surface area contributed by atoms with Gasteiger partial charge in [-0.05, 0) is 69.9 Å². The third kappa shape index (κ3) is 4.79. The fourth-order valence-corrected chi connectivity index (χ4v) is 4.88. The van der Waals surface area contributed by atoms with Crippen LogP contribution in [0.2, 0.25) is 0 Å². The predicted octanol–water partition coefficient (Wildman–Crippen LogP) is 5.32. The second-order valence-electron chi connectivity index (χ2n) is 9.07. The second kappa shape index (κ2) is 9.18. The Morgan fingerprint density at radius 1 is 0.903 bits per heavy atom. The zero-order valence-corrected chi connectivity index (χ0v) is 18.3. The summed E-state index contributed by atoms with van der Waals surface area (Å²) in [5.74, 6) is 2.92. The smallest absolute Gasteiger partial charge is 0.230 e. The van der Waals surface area contributed by atoms with E-state index in [1.54, 1.807) is 0 Å². The summed E-state index contributed by atoms with van der Waals surface area (Å²) in [7, 11) is 2.21. The van der Waals surface area contributed by atoms with Crippen LogP contribution in [0.3, 0.4) is 0 Å². The summed E-state index contributed by atoms with van der Waals surface area (Å²) >= 11 is 0. The molecular formula is C25H32N6. The number of hydrogen-bond acceptors (Lipinski definition) is 6. The molecule has 2 N–H and O–H groups in total. The maximum Gasteiger partial charge on any atom is 0.230 e. The molecule has 2 aromatic heterocycles. The summed E-state index contributed by atoms with van der Waals surface area (Å²) in [5, 5.41) is 8.25. The second-order valence-corrected chi connectivity index (χ2v) is 9.07. The quantitative estimate of drug-likeness (QED) is 0.587. The average molecular weight is 417 g/mol. The van der Waals surface area contributed by atoms with Gasteiger partial charge in [-0.3, -0.25) is 0 Å². The van der Waals surface area contributed by atoms with Gasteiger partial charge in [0.05, 0.1) is 5.52 Å². The highest BCUT2D eigenvalue weighted by Crippen LogP contribution is 2.33. The van der Waals surface area contributed by atoms with Crippen molar-refractivity contribution in [3.63, 3.8) is 0 Å². The van der Waals surface area contributed by atoms with Gasteiger partial charge < -0.3 is 15.5 Å². The molecule has 0 radical (unpaired) electrons. The van der Waals surface area contributed by atoms with Gasteiger partial charge in [-0.1, -0.05) is 37.5 Å². The van der Waals surface area contributed by atoms with Crippen LogP contribution in [-0.2, 0) is 0 Å². The first-order valence-corrected chi connectivity index (χ1v) is 11.7. The number of aromatic nitrogens is 3. The zero-order chi connectivity index (χ0) is 21.0. The Hall–Kier alpha value is -2.73. The van der Waals surface area contributed by atoms with E-state index in [4.69, 9.17) is 9.97 Å². The molecule has 0 atom stereocenters. The summed E-state index contributed by atoms with van der Waals surface area (Å²) < 4.78 is 0. The number of anilines is 3. The Labute approximate surface area is 184 Å². The minimum atomic E-state index is 0.514. The predicted molar refractivity (Wildman–Crippen MR) is 127 cm³/mol. The monoisotopic (exact) mass is 416 g/mol. The van der Waals surface area contributed by atoms with Crippen molar-refractivity contribution in [2.24, 2.45) is 0 Å². The molecule has 6 nitrogen and oxygen atoms in total. The van der Waals surface area contributed by atoms with Crippen LogP contribution >= 0.6 is 0 Å². The first-order valence-electron chi connectivity index (χ1n) is 11.7. The largest absolute Gasteiger partial charge is 0.367 e. The number of fused-ring (bicyclic) bond motifs is 1. The molecule has 0 bridgehead atoms. The molecule has 0 amide bonds. The Morgan fingerprint density at radius 2 is 1.71 bits per heavy atom. The fraction of sp³-hybridized carbons (Fsp3) is 0.480. The molecule has 31 heavy (non-hydrogen) atoms. The van der Waals surface area contributed by atoms with Crippen molar-refractivity contribution in [3.05, 3.63) is 48.2 Å². The van der Waals surface area contributed by atoms with Gasteiger partial charge >= 0.3 is 0 Å². The number of nitrogens with one attached hydrogen (secondary N) is 2. The van der Waals surface area contributed by atoms with Crippen LogP contribution in [0.5, 0.6) is 0 Å². The van der Waals surface area contributed by atoms with Crippen molar-refractivity contribution >= 4 is 28.5 Å². The van der Waals surface area contributed by atoms with E-state index in [1.807, 2.05) is 30.5 Å². The number of nitrogens with zero attached hydrogens (tertiary/aromatic N) is 4. The minimum absolute atomic E-state index is 0.514. The summed E-state index contributed by atoms with van der Waals surface area (Å²) in [6.45, 7) is 2.27. The fourth-order valence-electron chi connectivity index (χ4n) is 4.88. The van der Waals surface area contributed by atoms with Crippen LogP contribution in [0.4, 0.5) is 17.6 Å². The van der Waals surface area contributed by atoms with Crippen LogP contribution < -0.4 is 10.6 Å². The van der Waals surface area contributed by atoms with Gasteiger partial charge in [0.15, 0.2) is 0 Å². The normalized spacial score (nSPS) is 18.9. The Morgan fingerprint density at radius 3 is 2.55 bits per heavy atom. The summed E-state index contributed by atoms with van der Waals surface area (Å²) in [6.07, 6.45) is 10.8. The molecule has 3 aromatic rings. The van der Waals surface area contributed by atoms with E-state index < -0.39 is 0 Å². The van der Waals surface area contributed by atoms with E-state index in [9.17, 15) is 0 Å². The molecule has 1 aliphatic heterocycles. The molecule has 1 saturated heterocycles. The van der Waals surface area contributed by atoms with Gasteiger partial charge in [-0.15, -0.1) is 0 Å². The Bertz CT molecular complexity index is 1020. The molecule has 1 aliphatic carbocycles.